The van der Waals surface area contributed by atoms with Crippen LogP contribution in [0.5, 0.6) is 0 Å². The molecule has 0 bridgehead atoms. The van der Waals surface area contributed by atoms with Crippen LogP contribution in [0.15, 0.2) is 22.7 Å². The molecule has 0 N–H and O–H groups in total. The van der Waals surface area contributed by atoms with Gasteiger partial charge in [-0.2, -0.15) is 5.26 Å². The highest BCUT2D eigenvalue weighted by molar-refractivity contribution is 9.10. The largest absolute Gasteiger partial charge is 0.370 e. The Morgan fingerprint density at radius 3 is 2.61 bits per heavy atom. The van der Waals surface area contributed by atoms with Crippen LogP contribution < -0.4 is 4.90 Å². The van der Waals surface area contributed by atoms with E-state index in [0.717, 1.165) is 23.5 Å². The van der Waals surface area contributed by atoms with Gasteiger partial charge in [0.15, 0.2) is 0 Å². The Morgan fingerprint density at radius 1 is 1.39 bits per heavy atom. The summed E-state index contributed by atoms with van der Waals surface area (Å²) >= 11 is 3.58. The van der Waals surface area contributed by atoms with E-state index in [1.54, 1.807) is 0 Å². The zero-order valence-electron chi connectivity index (χ0n) is 11.2. The summed E-state index contributed by atoms with van der Waals surface area (Å²) in [6.45, 7) is 9.15. The van der Waals surface area contributed by atoms with E-state index < -0.39 is 0 Å². The molecule has 0 saturated carbocycles. The molecule has 1 unspecified atom stereocenters. The molecule has 0 amide bonds. The van der Waals surface area contributed by atoms with Gasteiger partial charge in [0, 0.05) is 17.6 Å². The van der Waals surface area contributed by atoms with Gasteiger partial charge in [-0.05, 0) is 51.9 Å². The Hall–Kier alpha value is -1.01. The van der Waals surface area contributed by atoms with E-state index >= 15 is 0 Å². The van der Waals surface area contributed by atoms with Gasteiger partial charge in [0.05, 0.1) is 17.3 Å². The number of hydrogen-bond donors (Lipinski definition) is 0. The van der Waals surface area contributed by atoms with Crippen LogP contribution in [0.1, 0.15) is 32.8 Å². The number of nitriles is 1. The molecule has 18 heavy (non-hydrogen) atoms. The Morgan fingerprint density at radius 2 is 2.11 bits per heavy atom. The van der Waals surface area contributed by atoms with E-state index in [2.05, 4.69) is 47.7 Å². The molecule has 1 saturated heterocycles. The number of halogens is 1. The number of anilines is 1. The first-order chi connectivity index (χ1) is 8.41. The molecule has 96 valence electrons. The van der Waals surface area contributed by atoms with Crippen LogP contribution in [0.3, 0.4) is 0 Å². The van der Waals surface area contributed by atoms with E-state index in [4.69, 9.17) is 5.26 Å². The van der Waals surface area contributed by atoms with Gasteiger partial charge in [0.2, 0.25) is 0 Å². The predicted molar refractivity (Wildman–Crippen MR) is 78.6 cm³/mol. The molecular weight excluding hydrogens is 288 g/mol. The first-order valence-corrected chi connectivity index (χ1v) is 7.15. The second-order valence-electron chi connectivity index (χ2n) is 6.08. The third-order valence-electron chi connectivity index (χ3n) is 3.83. The average molecular weight is 307 g/mol. The maximum absolute atomic E-state index is 8.88. The monoisotopic (exact) mass is 306 g/mol. The van der Waals surface area contributed by atoms with E-state index in [1.165, 1.54) is 12.1 Å². The zero-order valence-corrected chi connectivity index (χ0v) is 12.8. The van der Waals surface area contributed by atoms with Crippen molar-refractivity contribution in [1.29, 1.82) is 5.26 Å². The summed E-state index contributed by atoms with van der Waals surface area (Å²) in [6.07, 6.45) is 1.25. The highest BCUT2D eigenvalue weighted by Crippen LogP contribution is 2.37. The number of benzene rings is 1. The Balaban J connectivity index is 2.18. The normalized spacial score (nSPS) is 19.9. The summed E-state index contributed by atoms with van der Waals surface area (Å²) in [4.78, 5) is 2.42. The molecular formula is C15H19BrN2. The van der Waals surface area contributed by atoms with Crippen LogP contribution in [0, 0.1) is 22.7 Å². The van der Waals surface area contributed by atoms with Gasteiger partial charge in [0.25, 0.3) is 0 Å². The highest BCUT2D eigenvalue weighted by Gasteiger charge is 2.32. The highest BCUT2D eigenvalue weighted by atomic mass is 79.9. The van der Waals surface area contributed by atoms with Crippen LogP contribution in [-0.4, -0.2) is 13.1 Å². The van der Waals surface area contributed by atoms with Gasteiger partial charge in [-0.1, -0.05) is 20.8 Å². The Labute approximate surface area is 118 Å². The van der Waals surface area contributed by atoms with E-state index in [-0.39, 0.29) is 0 Å². The standard InChI is InChI=1S/C15H19BrN2/c1-15(2,3)12-6-7-18(10-12)14-5-4-11(9-17)8-13(14)16/h4-5,8,12H,6-7,10H2,1-3H3. The minimum absolute atomic E-state index is 0.369. The minimum Gasteiger partial charge on any atom is -0.370 e. The SMILES string of the molecule is CC(C)(C)C1CCN(c2ccc(C#N)cc2Br)C1. The smallest absolute Gasteiger partial charge is 0.0992 e. The second kappa shape index (κ2) is 4.93. The van der Waals surface area contributed by atoms with Gasteiger partial charge in [-0.3, -0.25) is 0 Å². The van der Waals surface area contributed by atoms with Crippen molar-refractivity contribution in [3.05, 3.63) is 28.2 Å². The topological polar surface area (TPSA) is 27.0 Å². The van der Waals surface area contributed by atoms with Gasteiger partial charge in [-0.15, -0.1) is 0 Å². The van der Waals surface area contributed by atoms with Crippen molar-refractivity contribution in [3.8, 4) is 6.07 Å². The van der Waals surface area contributed by atoms with Crippen LogP contribution in [0.2, 0.25) is 0 Å². The number of hydrogen-bond acceptors (Lipinski definition) is 2. The summed E-state index contributed by atoms with van der Waals surface area (Å²) in [5.74, 6) is 0.736. The molecule has 0 aromatic heterocycles. The minimum atomic E-state index is 0.369. The molecule has 1 aliphatic heterocycles. The van der Waals surface area contributed by atoms with Crippen molar-refractivity contribution in [1.82, 2.24) is 0 Å². The molecule has 2 nitrogen and oxygen atoms in total. The molecule has 0 aliphatic carbocycles. The summed E-state index contributed by atoms with van der Waals surface area (Å²) in [5, 5.41) is 8.88. The fourth-order valence-electron chi connectivity index (χ4n) is 2.52. The summed E-state index contributed by atoms with van der Waals surface area (Å²) in [7, 11) is 0. The number of rotatable bonds is 1. The Kier molecular flexibility index (Phi) is 3.68. The third-order valence-corrected chi connectivity index (χ3v) is 4.47. The predicted octanol–water partition coefficient (Wildman–Crippen LogP) is 4.19. The quantitative estimate of drug-likeness (QED) is 0.778. The maximum Gasteiger partial charge on any atom is 0.0992 e. The second-order valence-corrected chi connectivity index (χ2v) is 6.93. The lowest BCUT2D eigenvalue weighted by Crippen LogP contribution is -2.26. The summed E-state index contributed by atoms with van der Waals surface area (Å²) in [5.41, 5.74) is 2.28. The van der Waals surface area contributed by atoms with Crippen molar-refractivity contribution in [2.75, 3.05) is 18.0 Å². The van der Waals surface area contributed by atoms with Crippen LogP contribution in [0.25, 0.3) is 0 Å². The third kappa shape index (κ3) is 2.70. The Bertz CT molecular complexity index is 482. The zero-order chi connectivity index (χ0) is 13.3. The lowest BCUT2D eigenvalue weighted by Gasteiger charge is -2.27. The molecule has 1 aromatic carbocycles. The first-order valence-electron chi connectivity index (χ1n) is 6.36. The van der Waals surface area contributed by atoms with Crippen LogP contribution in [0.4, 0.5) is 5.69 Å². The van der Waals surface area contributed by atoms with Crippen molar-refractivity contribution in [2.45, 2.75) is 27.2 Å². The van der Waals surface area contributed by atoms with Crippen molar-refractivity contribution in [3.63, 3.8) is 0 Å². The van der Waals surface area contributed by atoms with E-state index in [0.29, 0.717) is 11.0 Å². The van der Waals surface area contributed by atoms with Crippen molar-refractivity contribution >= 4 is 21.6 Å². The fraction of sp³-hybridized carbons (Fsp3) is 0.533. The lowest BCUT2D eigenvalue weighted by molar-refractivity contribution is 0.263. The molecule has 0 spiro atoms. The molecule has 1 heterocycles. The molecule has 2 rings (SSSR count). The fourth-order valence-corrected chi connectivity index (χ4v) is 3.15. The molecule has 1 atom stereocenters. The summed E-state index contributed by atoms with van der Waals surface area (Å²) in [6, 6.07) is 8.02. The van der Waals surface area contributed by atoms with Crippen LogP contribution in [-0.2, 0) is 0 Å². The first kappa shape index (κ1) is 13.4. The molecule has 1 fully saturated rings. The van der Waals surface area contributed by atoms with Crippen molar-refractivity contribution in [2.24, 2.45) is 11.3 Å². The molecule has 1 aromatic rings. The number of nitrogens with zero attached hydrogens (tertiary/aromatic N) is 2. The average Bonchev–Trinajstić information content (AvgIpc) is 2.77. The van der Waals surface area contributed by atoms with Gasteiger partial charge < -0.3 is 4.90 Å². The lowest BCUT2D eigenvalue weighted by atomic mass is 9.80. The van der Waals surface area contributed by atoms with Gasteiger partial charge in [0.1, 0.15) is 0 Å². The van der Waals surface area contributed by atoms with Gasteiger partial charge >= 0.3 is 0 Å². The van der Waals surface area contributed by atoms with Crippen molar-refractivity contribution < 1.29 is 0 Å². The molecule has 0 radical (unpaired) electrons. The van der Waals surface area contributed by atoms with E-state index in [9.17, 15) is 0 Å². The molecule has 1 aliphatic rings. The van der Waals surface area contributed by atoms with Gasteiger partial charge in [-0.25, -0.2) is 0 Å². The van der Waals surface area contributed by atoms with Crippen LogP contribution >= 0.6 is 15.9 Å². The summed E-state index contributed by atoms with van der Waals surface area (Å²) < 4.78 is 1.02. The molecule has 3 heteroatoms. The maximum atomic E-state index is 8.88. The van der Waals surface area contributed by atoms with E-state index in [1.807, 2.05) is 18.2 Å².